The van der Waals surface area contributed by atoms with Crippen LogP contribution >= 0.6 is 0 Å². The van der Waals surface area contributed by atoms with Crippen molar-refractivity contribution in [3.05, 3.63) is 29.3 Å². The first-order valence-electron chi connectivity index (χ1n) is 18.2. The van der Waals surface area contributed by atoms with Crippen molar-refractivity contribution >= 4 is 5.97 Å². The van der Waals surface area contributed by atoms with Gasteiger partial charge in [0.1, 0.15) is 11.3 Å². The molecule has 3 nitrogen and oxygen atoms in total. The second-order valence-corrected chi connectivity index (χ2v) is 12.3. The van der Waals surface area contributed by atoms with Crippen molar-refractivity contribution in [2.75, 3.05) is 13.2 Å². The molecule has 1 aromatic carbocycles. The summed E-state index contributed by atoms with van der Waals surface area (Å²) in [5.41, 5.74) is 1.78. The summed E-state index contributed by atoms with van der Waals surface area (Å²) in [6.45, 7) is 7.96. The Labute approximate surface area is 255 Å². The van der Waals surface area contributed by atoms with Crippen LogP contribution in [0.4, 0.5) is 0 Å². The lowest BCUT2D eigenvalue weighted by Gasteiger charge is -2.15. The fourth-order valence-electron chi connectivity index (χ4n) is 5.65. The SMILES string of the molecule is CCCCCCCCCCCCCCCc1cccc(OCCCCCCCC)c1C(=O)OCCCCCCCC. The van der Waals surface area contributed by atoms with Gasteiger partial charge in [-0.3, -0.25) is 0 Å². The third kappa shape index (κ3) is 20.9. The van der Waals surface area contributed by atoms with Crippen molar-refractivity contribution in [3.8, 4) is 5.75 Å². The molecule has 0 saturated heterocycles. The zero-order chi connectivity index (χ0) is 29.6. The van der Waals surface area contributed by atoms with Gasteiger partial charge in [-0.05, 0) is 37.3 Å². The number of ether oxygens (including phenoxy) is 2. The Hall–Kier alpha value is -1.51. The average Bonchev–Trinajstić information content (AvgIpc) is 2.98. The van der Waals surface area contributed by atoms with Crippen LogP contribution < -0.4 is 4.74 Å². The Balaban J connectivity index is 2.46. The average molecular weight is 573 g/mol. The van der Waals surface area contributed by atoms with Crippen molar-refractivity contribution in [1.29, 1.82) is 0 Å². The minimum Gasteiger partial charge on any atom is -0.493 e. The van der Waals surface area contributed by atoms with Gasteiger partial charge in [-0.15, -0.1) is 0 Å². The Morgan fingerprint density at radius 1 is 0.512 bits per heavy atom. The highest BCUT2D eigenvalue weighted by Crippen LogP contribution is 2.26. The summed E-state index contributed by atoms with van der Waals surface area (Å²) in [4.78, 5) is 13.3. The van der Waals surface area contributed by atoms with Gasteiger partial charge in [0.2, 0.25) is 0 Å². The second kappa shape index (κ2) is 28.6. The van der Waals surface area contributed by atoms with Gasteiger partial charge in [0.25, 0.3) is 0 Å². The molecule has 0 aliphatic heterocycles. The van der Waals surface area contributed by atoms with Crippen LogP contribution in [0.1, 0.15) is 197 Å². The van der Waals surface area contributed by atoms with Gasteiger partial charge in [-0.1, -0.05) is 174 Å². The summed E-state index contributed by atoms with van der Waals surface area (Å²) in [5.74, 6) is 0.528. The first-order valence-corrected chi connectivity index (χ1v) is 18.2. The largest absolute Gasteiger partial charge is 0.493 e. The number of hydrogen-bond donors (Lipinski definition) is 0. The normalized spacial score (nSPS) is 11.2. The molecule has 0 bridgehead atoms. The van der Waals surface area contributed by atoms with Gasteiger partial charge in [0.15, 0.2) is 0 Å². The van der Waals surface area contributed by atoms with Gasteiger partial charge in [0, 0.05) is 0 Å². The predicted molar refractivity (Wildman–Crippen MR) is 178 cm³/mol. The summed E-state index contributed by atoms with van der Waals surface area (Å²) in [5, 5.41) is 0. The van der Waals surface area contributed by atoms with Crippen molar-refractivity contribution in [3.63, 3.8) is 0 Å². The fraction of sp³-hybridized carbons (Fsp3) is 0.816. The summed E-state index contributed by atoms with van der Waals surface area (Å²) >= 11 is 0. The van der Waals surface area contributed by atoms with Crippen LogP contribution in [0.25, 0.3) is 0 Å². The number of carbonyl (C=O) groups excluding carboxylic acids is 1. The zero-order valence-corrected chi connectivity index (χ0v) is 27.8. The number of carbonyl (C=O) groups is 1. The molecule has 0 unspecified atom stereocenters. The standard InChI is InChI=1S/C38H68O3/c1-4-7-10-13-16-17-18-19-20-21-22-23-26-30-35-31-29-32-36(40-33-27-24-14-11-8-5-2)37(35)38(39)41-34-28-25-15-12-9-6-3/h29,31-32H,4-28,30,33-34H2,1-3H3. The van der Waals surface area contributed by atoms with Gasteiger partial charge >= 0.3 is 5.97 Å². The maximum absolute atomic E-state index is 13.3. The molecule has 0 aliphatic carbocycles. The van der Waals surface area contributed by atoms with E-state index in [-0.39, 0.29) is 5.97 Å². The number of rotatable bonds is 30. The summed E-state index contributed by atoms with van der Waals surface area (Å²) in [6.07, 6.45) is 33.0. The molecule has 0 spiro atoms. The van der Waals surface area contributed by atoms with Crippen LogP contribution in [-0.4, -0.2) is 19.2 Å². The zero-order valence-electron chi connectivity index (χ0n) is 27.8. The van der Waals surface area contributed by atoms with E-state index in [1.807, 2.05) is 6.07 Å². The van der Waals surface area contributed by atoms with Gasteiger partial charge in [-0.2, -0.15) is 0 Å². The number of aryl methyl sites for hydroxylation is 1. The van der Waals surface area contributed by atoms with Gasteiger partial charge in [0.05, 0.1) is 13.2 Å². The minimum absolute atomic E-state index is 0.193. The first-order chi connectivity index (χ1) is 20.2. The summed E-state index contributed by atoms with van der Waals surface area (Å²) < 4.78 is 12.0. The summed E-state index contributed by atoms with van der Waals surface area (Å²) in [7, 11) is 0. The molecule has 0 aromatic heterocycles. The highest BCUT2D eigenvalue weighted by Gasteiger charge is 2.19. The quantitative estimate of drug-likeness (QED) is 0.0679. The van der Waals surface area contributed by atoms with Crippen molar-refractivity contribution in [2.24, 2.45) is 0 Å². The Morgan fingerprint density at radius 3 is 1.41 bits per heavy atom. The minimum atomic E-state index is -0.193. The maximum atomic E-state index is 13.3. The van der Waals surface area contributed by atoms with Crippen LogP contribution in [0.3, 0.4) is 0 Å². The molecule has 1 aromatic rings. The smallest absolute Gasteiger partial charge is 0.342 e. The third-order valence-electron chi connectivity index (χ3n) is 8.35. The lowest BCUT2D eigenvalue weighted by Crippen LogP contribution is -2.13. The van der Waals surface area contributed by atoms with E-state index in [9.17, 15) is 4.79 Å². The van der Waals surface area contributed by atoms with Crippen molar-refractivity contribution in [1.82, 2.24) is 0 Å². The molecule has 0 radical (unpaired) electrons. The van der Waals surface area contributed by atoms with Gasteiger partial charge < -0.3 is 9.47 Å². The van der Waals surface area contributed by atoms with Crippen LogP contribution in [0.2, 0.25) is 0 Å². The summed E-state index contributed by atoms with van der Waals surface area (Å²) in [6, 6.07) is 6.13. The molecule has 238 valence electrons. The lowest BCUT2D eigenvalue weighted by atomic mass is 9.99. The molecule has 3 heteroatoms. The van der Waals surface area contributed by atoms with E-state index in [1.165, 1.54) is 135 Å². The highest BCUT2D eigenvalue weighted by molar-refractivity contribution is 5.94. The molecule has 1 rings (SSSR count). The van der Waals surface area contributed by atoms with Crippen LogP contribution in [0.5, 0.6) is 5.75 Å². The lowest BCUT2D eigenvalue weighted by molar-refractivity contribution is 0.0491. The molecule has 0 N–H and O–H groups in total. The monoisotopic (exact) mass is 573 g/mol. The van der Waals surface area contributed by atoms with Gasteiger partial charge in [-0.25, -0.2) is 4.79 Å². The Bertz CT molecular complexity index is 713. The van der Waals surface area contributed by atoms with Crippen LogP contribution in [0, 0.1) is 0 Å². The molecular weight excluding hydrogens is 504 g/mol. The molecular formula is C38H68O3. The Kier molecular flexibility index (Phi) is 26.2. The van der Waals surface area contributed by atoms with E-state index in [4.69, 9.17) is 9.47 Å². The van der Waals surface area contributed by atoms with E-state index in [2.05, 4.69) is 32.9 Å². The number of unbranched alkanes of at least 4 members (excludes halogenated alkanes) is 22. The maximum Gasteiger partial charge on any atom is 0.342 e. The fourth-order valence-corrected chi connectivity index (χ4v) is 5.65. The second-order valence-electron chi connectivity index (χ2n) is 12.3. The predicted octanol–water partition coefficient (Wildman–Crippen LogP) is 12.6. The molecule has 0 heterocycles. The first kappa shape index (κ1) is 37.5. The molecule has 0 fully saturated rings. The molecule has 41 heavy (non-hydrogen) atoms. The Morgan fingerprint density at radius 2 is 0.927 bits per heavy atom. The van der Waals surface area contributed by atoms with E-state index >= 15 is 0 Å². The van der Waals surface area contributed by atoms with E-state index in [1.54, 1.807) is 0 Å². The van der Waals surface area contributed by atoms with E-state index in [0.717, 1.165) is 43.4 Å². The van der Waals surface area contributed by atoms with E-state index < -0.39 is 0 Å². The van der Waals surface area contributed by atoms with Crippen molar-refractivity contribution < 1.29 is 14.3 Å². The molecule has 0 saturated carbocycles. The molecule has 0 atom stereocenters. The number of esters is 1. The number of benzene rings is 1. The molecule has 0 aliphatic rings. The highest BCUT2D eigenvalue weighted by atomic mass is 16.5. The van der Waals surface area contributed by atoms with Crippen LogP contribution in [-0.2, 0) is 11.2 Å². The van der Waals surface area contributed by atoms with Crippen molar-refractivity contribution in [2.45, 2.75) is 188 Å². The number of hydrogen-bond acceptors (Lipinski definition) is 3. The van der Waals surface area contributed by atoms with Crippen LogP contribution in [0.15, 0.2) is 18.2 Å². The van der Waals surface area contributed by atoms with E-state index in [0.29, 0.717) is 18.8 Å². The molecule has 0 amide bonds. The third-order valence-corrected chi connectivity index (χ3v) is 8.35. The topological polar surface area (TPSA) is 35.5 Å².